The third-order valence-corrected chi connectivity index (χ3v) is 0. The molecule has 0 saturated heterocycles. The van der Waals surface area contributed by atoms with Gasteiger partial charge in [0.1, 0.15) is 0 Å². The first-order valence-electron chi connectivity index (χ1n) is 2.67. The molecule has 0 saturated carbocycles. The quantitative estimate of drug-likeness (QED) is 0.135. The zero-order chi connectivity index (χ0) is 18.0. The van der Waals surface area contributed by atoms with E-state index in [1.54, 1.807) is 0 Å². The van der Waals surface area contributed by atoms with Crippen LogP contribution in [0.5, 0.6) is 0 Å². The second-order valence-electron chi connectivity index (χ2n) is 1.63. The van der Waals surface area contributed by atoms with Gasteiger partial charge in [0.05, 0.1) is 0 Å². The summed E-state index contributed by atoms with van der Waals surface area (Å²) in [6.07, 6.45) is 0. The minimum Gasteiger partial charge on any atom is -0.759 e. The number of rotatable bonds is 0. The van der Waals surface area contributed by atoms with Gasteiger partial charge in [-0.2, -0.15) is 0 Å². The maximum absolute atomic E-state index is 8.52. The standard InChI is InChI=1S/Bi.4H2O4S.V/c;4*1-5(2,3)4;/h;4*(H2,1,2,3,4);/q+3;;;;;/p-8. The van der Waals surface area contributed by atoms with Crippen molar-refractivity contribution in [3.8, 4) is 0 Å². The van der Waals surface area contributed by atoms with Gasteiger partial charge in [-0.25, -0.2) is 0 Å². The Morgan fingerprint density at radius 2 is 0.364 bits per heavy atom. The molecule has 0 aromatic carbocycles. The van der Waals surface area contributed by atoms with E-state index in [2.05, 4.69) is 0 Å². The zero-order valence-corrected chi connectivity index (χ0v) is 17.2. The third-order valence-electron chi connectivity index (χ3n) is 0. The van der Waals surface area contributed by atoms with Crippen molar-refractivity contribution in [2.45, 2.75) is 0 Å². The minimum atomic E-state index is -5.17. The molecule has 0 aromatic rings. The van der Waals surface area contributed by atoms with Crippen LogP contribution in [-0.4, -0.2) is 96.3 Å². The van der Waals surface area contributed by atoms with E-state index in [1.807, 2.05) is 0 Å². The molecule has 0 unspecified atom stereocenters. The van der Waals surface area contributed by atoms with Crippen LogP contribution in [0.3, 0.4) is 0 Å². The van der Waals surface area contributed by atoms with Crippen LogP contribution in [0, 0.1) is 0 Å². The van der Waals surface area contributed by atoms with Crippen molar-refractivity contribution in [2.75, 3.05) is 0 Å². The van der Waals surface area contributed by atoms with Gasteiger partial charge < -0.3 is 36.4 Å². The fourth-order valence-electron chi connectivity index (χ4n) is 0. The first kappa shape index (κ1) is 38.5. The van der Waals surface area contributed by atoms with Crippen molar-refractivity contribution >= 4 is 67.8 Å². The fraction of sp³-hybridized carbons (Fsp3) is 0. The molecule has 0 aliphatic heterocycles. The Bertz CT molecular complexity index is 479. The largest absolute Gasteiger partial charge is 3.00 e. The summed E-state index contributed by atoms with van der Waals surface area (Å²) in [5, 5.41) is 0. The summed E-state index contributed by atoms with van der Waals surface area (Å²) in [7, 11) is -20.7. The van der Waals surface area contributed by atoms with Crippen LogP contribution in [0.4, 0.5) is 0 Å². The van der Waals surface area contributed by atoms with Crippen LogP contribution >= 0.6 is 0 Å². The van der Waals surface area contributed by atoms with Gasteiger partial charge in [0.15, 0.2) is 0 Å². The average Bonchev–Trinajstić information content (AvgIpc) is 1.62. The topological polar surface area (TPSA) is 321 Å². The van der Waals surface area contributed by atoms with Gasteiger partial charge in [0.25, 0.3) is 0 Å². The predicted octanol–water partition coefficient (Wildman–Crippen LogP) is -5.74. The summed E-state index contributed by atoms with van der Waals surface area (Å²) in [4.78, 5) is 0. The zero-order valence-electron chi connectivity index (χ0n) is 9.06. The van der Waals surface area contributed by atoms with Crippen LogP contribution in [0.15, 0.2) is 0 Å². The molecule has 22 heavy (non-hydrogen) atoms. The summed E-state index contributed by atoms with van der Waals surface area (Å²) < 4.78 is 136. The Balaban J connectivity index is -0.0000000376. The van der Waals surface area contributed by atoms with Gasteiger partial charge in [-0.15, -0.1) is 0 Å². The molecule has 0 rings (SSSR count). The van der Waals surface area contributed by atoms with Gasteiger partial charge in [0, 0.05) is 60.2 Å². The van der Waals surface area contributed by atoms with Crippen molar-refractivity contribution in [2.24, 2.45) is 0 Å². The fourth-order valence-corrected chi connectivity index (χ4v) is 0. The second-order valence-corrected chi connectivity index (χ2v) is 4.90. The van der Waals surface area contributed by atoms with E-state index in [0.29, 0.717) is 0 Å². The Kier molecular flexibility index (Phi) is 27.1. The van der Waals surface area contributed by atoms with Gasteiger partial charge >= 0.3 is 26.2 Å². The number of hydrogen-bond donors (Lipinski definition) is 0. The average molecular weight is 644 g/mol. The molecular weight excluding hydrogens is 644 g/mol. The third kappa shape index (κ3) is 9280. The van der Waals surface area contributed by atoms with Crippen molar-refractivity contribution in [3.63, 3.8) is 0 Å². The Hall–Kier alpha value is 0.948. The van der Waals surface area contributed by atoms with Crippen LogP contribution < -0.4 is 0 Å². The van der Waals surface area contributed by atoms with Crippen LogP contribution in [0.1, 0.15) is 0 Å². The molecule has 0 N–H and O–H groups in total. The van der Waals surface area contributed by atoms with E-state index in [-0.39, 0.29) is 44.8 Å². The van der Waals surface area contributed by atoms with Crippen LogP contribution in [-0.2, 0) is 60.2 Å². The molecule has 0 fully saturated rings. The van der Waals surface area contributed by atoms with Crippen molar-refractivity contribution in [1.29, 1.82) is 0 Å². The molecule has 0 bridgehead atoms. The monoisotopic (exact) mass is 644 g/mol. The van der Waals surface area contributed by atoms with E-state index in [0.717, 1.165) is 0 Å². The molecule has 0 amide bonds. The Morgan fingerprint density at radius 3 is 0.364 bits per heavy atom. The molecule has 0 atom stereocenters. The van der Waals surface area contributed by atoms with Crippen molar-refractivity contribution in [1.82, 2.24) is 0 Å². The van der Waals surface area contributed by atoms with Crippen LogP contribution in [0.25, 0.3) is 0 Å². The molecular formula is BiO16S4V-5. The van der Waals surface area contributed by atoms with Gasteiger partial charge in [-0.1, -0.05) is 0 Å². The molecule has 16 nitrogen and oxygen atoms in total. The molecule has 22 heteroatoms. The smallest absolute Gasteiger partial charge is 0.759 e. The normalized spacial score (nSPS) is 10.5. The maximum Gasteiger partial charge on any atom is 3.00 e. The molecule has 0 aromatic heterocycles. The summed E-state index contributed by atoms with van der Waals surface area (Å²) in [5.74, 6) is 0. The SMILES string of the molecule is O=S(=O)([O-])[O-].O=S(=O)([O-])[O-].O=S(=O)([O-])[O-].O=S(=O)([O-])[O-].[Bi+3].[V]. The molecule has 0 aliphatic carbocycles. The molecule has 0 heterocycles. The van der Waals surface area contributed by atoms with Crippen molar-refractivity contribution < 1.29 is 88.6 Å². The molecule has 0 spiro atoms. The minimum absolute atomic E-state index is 0. The van der Waals surface area contributed by atoms with Gasteiger partial charge in [-0.05, 0) is 0 Å². The van der Waals surface area contributed by atoms with Gasteiger partial charge in [0.2, 0.25) is 0 Å². The Morgan fingerprint density at radius 1 is 0.364 bits per heavy atom. The Labute approximate surface area is 155 Å². The van der Waals surface area contributed by atoms with Crippen molar-refractivity contribution in [3.05, 3.63) is 0 Å². The van der Waals surface area contributed by atoms with E-state index < -0.39 is 41.6 Å². The summed E-state index contributed by atoms with van der Waals surface area (Å²) in [6, 6.07) is 0. The summed E-state index contributed by atoms with van der Waals surface area (Å²) >= 11 is 0. The second kappa shape index (κ2) is 15.5. The summed E-state index contributed by atoms with van der Waals surface area (Å²) in [5.41, 5.74) is 0. The number of hydrogen-bond acceptors (Lipinski definition) is 16. The maximum atomic E-state index is 8.52. The van der Waals surface area contributed by atoms with E-state index in [9.17, 15) is 0 Å². The molecule has 135 valence electrons. The first-order valence-corrected chi connectivity index (χ1v) is 8.00. The van der Waals surface area contributed by atoms with Gasteiger partial charge in [-0.3, -0.25) is 33.7 Å². The summed E-state index contributed by atoms with van der Waals surface area (Å²) in [6.45, 7) is 0. The predicted molar refractivity (Wildman–Crippen MR) is 47.7 cm³/mol. The van der Waals surface area contributed by atoms with E-state index in [4.69, 9.17) is 70.1 Å². The van der Waals surface area contributed by atoms with Crippen LogP contribution in [0.2, 0.25) is 0 Å². The van der Waals surface area contributed by atoms with E-state index >= 15 is 0 Å². The first-order chi connectivity index (χ1) is 8.00. The molecule has 3 radical (unpaired) electrons. The molecule has 0 aliphatic rings. The van der Waals surface area contributed by atoms with E-state index in [1.165, 1.54) is 0 Å².